The summed E-state index contributed by atoms with van der Waals surface area (Å²) in [6.45, 7) is 4.31. The van der Waals surface area contributed by atoms with Gasteiger partial charge in [0, 0.05) is 22.1 Å². The minimum absolute atomic E-state index is 0.171. The van der Waals surface area contributed by atoms with E-state index in [2.05, 4.69) is 43.4 Å². The lowest BCUT2D eigenvalue weighted by atomic mass is 10.0. The molecule has 0 aliphatic heterocycles. The molecular formula is C17H19Cl2N. The zero-order valence-electron chi connectivity index (χ0n) is 11.7. The van der Waals surface area contributed by atoms with Gasteiger partial charge in [-0.15, -0.1) is 0 Å². The lowest BCUT2D eigenvalue weighted by molar-refractivity contribution is 0.456. The third kappa shape index (κ3) is 3.76. The maximum absolute atomic E-state index is 6.27. The van der Waals surface area contributed by atoms with Crippen molar-refractivity contribution in [2.24, 2.45) is 0 Å². The van der Waals surface area contributed by atoms with Crippen LogP contribution in [0, 0.1) is 0 Å². The molecule has 0 amide bonds. The Hall–Kier alpha value is -1.02. The Labute approximate surface area is 130 Å². The summed E-state index contributed by atoms with van der Waals surface area (Å²) >= 11 is 12.2. The van der Waals surface area contributed by atoms with Gasteiger partial charge in [-0.1, -0.05) is 66.5 Å². The topological polar surface area (TPSA) is 12.0 Å². The molecule has 0 bridgehead atoms. The Morgan fingerprint density at radius 1 is 1.05 bits per heavy atom. The monoisotopic (exact) mass is 307 g/mol. The van der Waals surface area contributed by atoms with Crippen molar-refractivity contribution in [1.82, 2.24) is 5.32 Å². The summed E-state index contributed by atoms with van der Waals surface area (Å²) < 4.78 is 0. The van der Waals surface area contributed by atoms with Gasteiger partial charge in [0.1, 0.15) is 0 Å². The predicted octanol–water partition coefficient (Wildman–Crippen LogP) is 5.80. The molecule has 0 saturated carbocycles. The van der Waals surface area contributed by atoms with Crippen LogP contribution in [-0.4, -0.2) is 0 Å². The van der Waals surface area contributed by atoms with Crippen molar-refractivity contribution in [2.75, 3.05) is 0 Å². The molecule has 0 aromatic heterocycles. The smallest absolute Gasteiger partial charge is 0.0468 e. The molecular weight excluding hydrogens is 289 g/mol. The molecule has 0 spiro atoms. The van der Waals surface area contributed by atoms with Crippen molar-refractivity contribution in [1.29, 1.82) is 0 Å². The van der Waals surface area contributed by atoms with Gasteiger partial charge in [0.2, 0.25) is 0 Å². The first-order chi connectivity index (χ1) is 9.61. The fourth-order valence-corrected chi connectivity index (χ4v) is 2.95. The number of hydrogen-bond acceptors (Lipinski definition) is 1. The third-order valence-electron chi connectivity index (χ3n) is 3.49. The van der Waals surface area contributed by atoms with Crippen LogP contribution in [0.3, 0.4) is 0 Å². The van der Waals surface area contributed by atoms with Crippen LogP contribution in [0.2, 0.25) is 10.0 Å². The molecule has 2 aromatic carbocycles. The summed E-state index contributed by atoms with van der Waals surface area (Å²) in [6, 6.07) is 16.6. The number of rotatable bonds is 5. The molecule has 106 valence electrons. The van der Waals surface area contributed by atoms with Crippen molar-refractivity contribution in [2.45, 2.75) is 32.4 Å². The van der Waals surface area contributed by atoms with Gasteiger partial charge in [-0.05, 0) is 36.6 Å². The first-order valence-corrected chi connectivity index (χ1v) is 7.63. The first kappa shape index (κ1) is 15.4. The molecule has 0 heterocycles. The molecule has 0 aliphatic rings. The number of halogens is 2. The van der Waals surface area contributed by atoms with Crippen LogP contribution in [0.4, 0.5) is 0 Å². The second-order valence-corrected chi connectivity index (χ2v) is 5.77. The number of nitrogens with one attached hydrogen (secondary N) is 1. The Balaban J connectivity index is 2.15. The lowest BCUT2D eigenvalue weighted by Gasteiger charge is -2.23. The fraction of sp³-hybridized carbons (Fsp3) is 0.294. The van der Waals surface area contributed by atoms with E-state index in [9.17, 15) is 0 Å². The predicted molar refractivity (Wildman–Crippen MR) is 87.5 cm³/mol. The molecule has 0 radical (unpaired) electrons. The summed E-state index contributed by atoms with van der Waals surface area (Å²) in [4.78, 5) is 0. The molecule has 0 fully saturated rings. The molecule has 1 N–H and O–H groups in total. The highest BCUT2D eigenvalue weighted by Gasteiger charge is 2.15. The standard InChI is InChI=1S/C17H19Cl2N/c1-3-17(13-7-5-4-6-8-13)20-12(2)15-10-9-14(18)11-16(15)19/h4-12,17,20H,3H2,1-2H3. The van der Waals surface area contributed by atoms with E-state index >= 15 is 0 Å². The van der Waals surface area contributed by atoms with Crippen molar-refractivity contribution in [3.05, 3.63) is 69.7 Å². The Kier molecular flexibility index (Phi) is 5.47. The van der Waals surface area contributed by atoms with Gasteiger partial charge in [-0.25, -0.2) is 0 Å². The summed E-state index contributed by atoms with van der Waals surface area (Å²) in [5, 5.41) is 5.01. The highest BCUT2D eigenvalue weighted by Crippen LogP contribution is 2.28. The molecule has 0 saturated heterocycles. The first-order valence-electron chi connectivity index (χ1n) is 6.87. The number of hydrogen-bond donors (Lipinski definition) is 1. The largest absolute Gasteiger partial charge is 0.303 e. The second kappa shape index (κ2) is 7.12. The highest BCUT2D eigenvalue weighted by molar-refractivity contribution is 6.35. The Bertz CT molecular complexity index is 554. The number of benzene rings is 2. The molecule has 2 atom stereocenters. The summed E-state index contributed by atoms with van der Waals surface area (Å²) in [7, 11) is 0. The van der Waals surface area contributed by atoms with E-state index in [4.69, 9.17) is 23.2 Å². The van der Waals surface area contributed by atoms with Crippen LogP contribution in [0.5, 0.6) is 0 Å². The van der Waals surface area contributed by atoms with Gasteiger partial charge < -0.3 is 5.32 Å². The van der Waals surface area contributed by atoms with Gasteiger partial charge >= 0.3 is 0 Å². The zero-order valence-corrected chi connectivity index (χ0v) is 13.2. The summed E-state index contributed by atoms with van der Waals surface area (Å²) in [5.74, 6) is 0. The van der Waals surface area contributed by atoms with E-state index in [0.717, 1.165) is 12.0 Å². The van der Waals surface area contributed by atoms with Crippen molar-refractivity contribution >= 4 is 23.2 Å². The van der Waals surface area contributed by atoms with Gasteiger partial charge in [-0.2, -0.15) is 0 Å². The SMILES string of the molecule is CCC(NC(C)c1ccc(Cl)cc1Cl)c1ccccc1. The lowest BCUT2D eigenvalue weighted by Crippen LogP contribution is -2.24. The van der Waals surface area contributed by atoms with Crippen LogP contribution in [0.25, 0.3) is 0 Å². The average Bonchev–Trinajstić information content (AvgIpc) is 2.45. The molecule has 20 heavy (non-hydrogen) atoms. The Morgan fingerprint density at radius 2 is 1.75 bits per heavy atom. The maximum Gasteiger partial charge on any atom is 0.0468 e. The van der Waals surface area contributed by atoms with Crippen molar-refractivity contribution < 1.29 is 0 Å². The van der Waals surface area contributed by atoms with Crippen molar-refractivity contribution in [3.63, 3.8) is 0 Å². The minimum atomic E-state index is 0.171. The van der Waals surface area contributed by atoms with Crippen LogP contribution in [-0.2, 0) is 0 Å². The molecule has 1 nitrogen and oxygen atoms in total. The summed E-state index contributed by atoms with van der Waals surface area (Å²) in [6.07, 6.45) is 1.03. The third-order valence-corrected chi connectivity index (χ3v) is 4.05. The molecule has 2 aromatic rings. The molecule has 3 heteroatoms. The van der Waals surface area contributed by atoms with E-state index in [1.54, 1.807) is 6.07 Å². The van der Waals surface area contributed by atoms with E-state index < -0.39 is 0 Å². The molecule has 0 aliphatic carbocycles. The molecule has 2 rings (SSSR count). The Morgan fingerprint density at radius 3 is 2.35 bits per heavy atom. The van der Waals surface area contributed by atoms with E-state index in [1.165, 1.54) is 5.56 Å². The van der Waals surface area contributed by atoms with E-state index in [-0.39, 0.29) is 6.04 Å². The van der Waals surface area contributed by atoms with Crippen LogP contribution >= 0.6 is 23.2 Å². The van der Waals surface area contributed by atoms with Crippen LogP contribution in [0.15, 0.2) is 48.5 Å². The fourth-order valence-electron chi connectivity index (χ4n) is 2.38. The maximum atomic E-state index is 6.27. The van der Waals surface area contributed by atoms with Crippen LogP contribution in [0.1, 0.15) is 43.5 Å². The summed E-state index contributed by atoms with van der Waals surface area (Å²) in [5.41, 5.74) is 2.37. The van der Waals surface area contributed by atoms with Gasteiger partial charge in [0.15, 0.2) is 0 Å². The molecule has 2 unspecified atom stereocenters. The van der Waals surface area contributed by atoms with Gasteiger partial charge in [-0.3, -0.25) is 0 Å². The highest BCUT2D eigenvalue weighted by atomic mass is 35.5. The van der Waals surface area contributed by atoms with Gasteiger partial charge in [0.05, 0.1) is 0 Å². The van der Waals surface area contributed by atoms with E-state index in [0.29, 0.717) is 16.1 Å². The van der Waals surface area contributed by atoms with Gasteiger partial charge in [0.25, 0.3) is 0 Å². The quantitative estimate of drug-likeness (QED) is 0.736. The van der Waals surface area contributed by atoms with E-state index in [1.807, 2.05) is 18.2 Å². The average molecular weight is 308 g/mol. The van der Waals surface area contributed by atoms with Crippen LogP contribution < -0.4 is 5.32 Å². The second-order valence-electron chi connectivity index (χ2n) is 4.93. The normalized spacial score (nSPS) is 14.0. The zero-order chi connectivity index (χ0) is 14.5. The van der Waals surface area contributed by atoms with Crippen molar-refractivity contribution in [3.8, 4) is 0 Å². The minimum Gasteiger partial charge on any atom is -0.303 e.